The summed E-state index contributed by atoms with van der Waals surface area (Å²) in [5, 5.41) is 4.47. The monoisotopic (exact) mass is 640 g/mol. The molecule has 0 aliphatic heterocycles. The zero-order valence-corrected chi connectivity index (χ0v) is 26.9. The number of rotatable bonds is 5. The summed E-state index contributed by atoms with van der Waals surface area (Å²) in [6.07, 6.45) is 0. The molecule has 0 spiro atoms. The molecule has 0 atom stereocenters. The highest BCUT2D eigenvalue weighted by Crippen LogP contribution is 2.40. The van der Waals surface area contributed by atoms with Gasteiger partial charge in [-0.2, -0.15) is 0 Å². The van der Waals surface area contributed by atoms with Gasteiger partial charge in [-0.05, 0) is 47.5 Å². The SMILES string of the molecule is c1ccc(-c2nc(-c3cccc(-n4c5ccccc5c5c(-c6ccccc6)cccc54)c3)nc(-c3cccc4oc5ccccc5c34)n2)cc1. The summed E-state index contributed by atoms with van der Waals surface area (Å²) in [5.74, 6) is 1.82. The third-order valence-electron chi connectivity index (χ3n) is 9.46. The highest BCUT2D eigenvalue weighted by Gasteiger charge is 2.19. The Labute approximate surface area is 287 Å². The van der Waals surface area contributed by atoms with Crippen molar-refractivity contribution in [1.29, 1.82) is 0 Å². The molecule has 10 rings (SSSR count). The van der Waals surface area contributed by atoms with E-state index in [9.17, 15) is 0 Å². The minimum atomic E-state index is 0.598. The summed E-state index contributed by atoms with van der Waals surface area (Å²) < 4.78 is 8.58. The third kappa shape index (κ3) is 4.52. The van der Waals surface area contributed by atoms with Crippen LogP contribution < -0.4 is 0 Å². The molecule has 10 aromatic rings. The molecule has 3 heterocycles. The van der Waals surface area contributed by atoms with Crippen molar-refractivity contribution >= 4 is 43.7 Å². The average Bonchev–Trinajstić information content (AvgIpc) is 3.75. The minimum absolute atomic E-state index is 0.598. The van der Waals surface area contributed by atoms with E-state index in [0.29, 0.717) is 17.5 Å². The summed E-state index contributed by atoms with van der Waals surface area (Å²) in [7, 11) is 0. The van der Waals surface area contributed by atoms with Crippen LogP contribution >= 0.6 is 0 Å². The van der Waals surface area contributed by atoms with Gasteiger partial charge in [0.2, 0.25) is 0 Å². The molecule has 5 heteroatoms. The molecule has 0 unspecified atom stereocenters. The molecular weight excluding hydrogens is 613 g/mol. The van der Waals surface area contributed by atoms with Crippen molar-refractivity contribution in [1.82, 2.24) is 19.5 Å². The Morgan fingerprint density at radius 2 is 0.960 bits per heavy atom. The molecule has 0 aliphatic carbocycles. The van der Waals surface area contributed by atoms with Crippen LogP contribution in [0.15, 0.2) is 174 Å². The molecule has 0 saturated heterocycles. The fourth-order valence-electron chi connectivity index (χ4n) is 7.24. The smallest absolute Gasteiger partial charge is 0.164 e. The van der Waals surface area contributed by atoms with Crippen LogP contribution in [0.25, 0.3) is 94.7 Å². The van der Waals surface area contributed by atoms with Gasteiger partial charge >= 0.3 is 0 Å². The van der Waals surface area contributed by atoms with Crippen LogP contribution in [0.4, 0.5) is 0 Å². The second kappa shape index (κ2) is 11.4. The quantitative estimate of drug-likeness (QED) is 0.188. The highest BCUT2D eigenvalue weighted by atomic mass is 16.3. The molecule has 0 aliphatic rings. The topological polar surface area (TPSA) is 56.7 Å². The van der Waals surface area contributed by atoms with Gasteiger partial charge in [0.15, 0.2) is 17.5 Å². The van der Waals surface area contributed by atoms with E-state index in [0.717, 1.165) is 55.3 Å². The molecule has 50 heavy (non-hydrogen) atoms. The zero-order chi connectivity index (χ0) is 33.0. The summed E-state index contributed by atoms with van der Waals surface area (Å²) >= 11 is 0. The predicted molar refractivity (Wildman–Crippen MR) is 203 cm³/mol. The molecular formula is C45H28N4O. The Kier molecular flexibility index (Phi) is 6.42. The molecule has 0 N–H and O–H groups in total. The van der Waals surface area contributed by atoms with Crippen LogP contribution in [0, 0.1) is 0 Å². The van der Waals surface area contributed by atoms with Crippen LogP contribution in [-0.2, 0) is 0 Å². The lowest BCUT2D eigenvalue weighted by Crippen LogP contribution is -2.01. The Morgan fingerprint density at radius 1 is 0.380 bits per heavy atom. The lowest BCUT2D eigenvalue weighted by molar-refractivity contribution is 0.669. The zero-order valence-electron chi connectivity index (χ0n) is 26.9. The first-order valence-corrected chi connectivity index (χ1v) is 16.7. The van der Waals surface area contributed by atoms with Crippen molar-refractivity contribution in [3.05, 3.63) is 170 Å². The molecule has 3 aromatic heterocycles. The van der Waals surface area contributed by atoms with Crippen molar-refractivity contribution in [2.75, 3.05) is 0 Å². The molecule has 7 aromatic carbocycles. The Balaban J connectivity index is 1.20. The first-order valence-electron chi connectivity index (χ1n) is 16.7. The maximum absolute atomic E-state index is 6.23. The minimum Gasteiger partial charge on any atom is -0.456 e. The van der Waals surface area contributed by atoms with Gasteiger partial charge in [0.1, 0.15) is 11.2 Å². The van der Waals surface area contributed by atoms with E-state index < -0.39 is 0 Å². The van der Waals surface area contributed by atoms with Crippen LogP contribution in [-0.4, -0.2) is 19.5 Å². The number of fused-ring (bicyclic) bond motifs is 6. The van der Waals surface area contributed by atoms with Gasteiger partial charge in [-0.1, -0.05) is 133 Å². The number of para-hydroxylation sites is 2. The highest BCUT2D eigenvalue weighted by molar-refractivity contribution is 6.16. The summed E-state index contributed by atoms with van der Waals surface area (Å²) in [5.41, 5.74) is 10.1. The lowest BCUT2D eigenvalue weighted by Gasteiger charge is -2.12. The van der Waals surface area contributed by atoms with Crippen molar-refractivity contribution in [2.45, 2.75) is 0 Å². The van der Waals surface area contributed by atoms with Gasteiger partial charge < -0.3 is 8.98 Å². The summed E-state index contributed by atoms with van der Waals surface area (Å²) in [4.78, 5) is 15.3. The number of aromatic nitrogens is 4. The Bertz CT molecular complexity index is 2870. The normalized spacial score (nSPS) is 11.6. The van der Waals surface area contributed by atoms with Crippen LogP contribution in [0.3, 0.4) is 0 Å². The van der Waals surface area contributed by atoms with Gasteiger partial charge in [0.05, 0.1) is 11.0 Å². The van der Waals surface area contributed by atoms with Gasteiger partial charge in [-0.25, -0.2) is 15.0 Å². The van der Waals surface area contributed by atoms with Crippen LogP contribution in [0.5, 0.6) is 0 Å². The second-order valence-electron chi connectivity index (χ2n) is 12.4. The third-order valence-corrected chi connectivity index (χ3v) is 9.46. The largest absolute Gasteiger partial charge is 0.456 e. The number of hydrogen-bond donors (Lipinski definition) is 0. The Hall–Kier alpha value is -6.85. The maximum atomic E-state index is 6.23. The van der Waals surface area contributed by atoms with E-state index in [-0.39, 0.29) is 0 Å². The molecule has 234 valence electrons. The summed E-state index contributed by atoms with van der Waals surface area (Å²) in [6, 6.07) is 58.6. The standard InChI is InChI=1S/C45H28N4O/c1-3-14-29(15-4-1)33-22-12-25-38-41(33)34-20-7-9-24-37(34)49(38)32-19-11-18-31(28-32)44-46-43(30-16-5-2-6-17-30)47-45(48-44)36-23-13-27-40-42(36)35-21-8-10-26-39(35)50-40/h1-28H. The first-order chi connectivity index (χ1) is 24.8. The van der Waals surface area contributed by atoms with Crippen molar-refractivity contribution in [3.63, 3.8) is 0 Å². The van der Waals surface area contributed by atoms with Crippen LogP contribution in [0.2, 0.25) is 0 Å². The van der Waals surface area contributed by atoms with Crippen molar-refractivity contribution in [2.24, 2.45) is 0 Å². The fourth-order valence-corrected chi connectivity index (χ4v) is 7.24. The van der Waals surface area contributed by atoms with E-state index in [1.165, 1.54) is 21.9 Å². The lowest BCUT2D eigenvalue weighted by atomic mass is 9.99. The van der Waals surface area contributed by atoms with Gasteiger partial charge in [-0.15, -0.1) is 0 Å². The average molecular weight is 641 g/mol. The fraction of sp³-hybridized carbons (Fsp3) is 0. The molecule has 0 amide bonds. The van der Waals surface area contributed by atoms with E-state index in [1.807, 2.05) is 60.7 Å². The summed E-state index contributed by atoms with van der Waals surface area (Å²) in [6.45, 7) is 0. The van der Waals surface area contributed by atoms with Crippen LogP contribution in [0.1, 0.15) is 0 Å². The molecule has 0 saturated carbocycles. The van der Waals surface area contributed by atoms with Gasteiger partial charge in [-0.3, -0.25) is 0 Å². The van der Waals surface area contributed by atoms with Crippen molar-refractivity contribution in [3.8, 4) is 51.0 Å². The predicted octanol–water partition coefficient (Wildman–Crippen LogP) is 11.5. The first kappa shape index (κ1) is 28.2. The second-order valence-corrected chi connectivity index (χ2v) is 12.4. The number of nitrogens with zero attached hydrogens (tertiary/aromatic N) is 4. The van der Waals surface area contributed by atoms with Crippen molar-refractivity contribution < 1.29 is 4.42 Å². The van der Waals surface area contributed by atoms with E-state index in [4.69, 9.17) is 19.4 Å². The van der Waals surface area contributed by atoms with E-state index >= 15 is 0 Å². The molecule has 0 fully saturated rings. The number of benzene rings is 7. The number of furan rings is 1. The molecule has 0 radical (unpaired) electrons. The van der Waals surface area contributed by atoms with Gasteiger partial charge in [0, 0.05) is 43.9 Å². The van der Waals surface area contributed by atoms with E-state index in [1.54, 1.807) is 0 Å². The molecule has 0 bridgehead atoms. The number of hydrogen-bond acceptors (Lipinski definition) is 4. The maximum Gasteiger partial charge on any atom is 0.164 e. The van der Waals surface area contributed by atoms with E-state index in [2.05, 4.69) is 114 Å². The molecule has 5 nitrogen and oxygen atoms in total. The van der Waals surface area contributed by atoms with Gasteiger partial charge in [0.25, 0.3) is 0 Å². The Morgan fingerprint density at radius 3 is 1.80 bits per heavy atom.